The van der Waals surface area contributed by atoms with E-state index in [1.807, 2.05) is 58.9 Å². The molecule has 1 aromatic heterocycles. The molecule has 0 saturated heterocycles. The number of carbonyl (C=O) groups excluding carboxylic acids is 1. The fraction of sp³-hybridized carbons (Fsp3) is 0.526. The van der Waals surface area contributed by atoms with E-state index in [1.54, 1.807) is 0 Å². The zero-order chi connectivity index (χ0) is 20.0. The van der Waals surface area contributed by atoms with Crippen molar-refractivity contribution in [2.75, 3.05) is 0 Å². The summed E-state index contributed by atoms with van der Waals surface area (Å²) >= 11 is 7.34. The van der Waals surface area contributed by atoms with Gasteiger partial charge in [0.15, 0.2) is 0 Å². The number of rotatable bonds is 7. The molecule has 1 N–H and O–H groups in total. The minimum absolute atomic E-state index is 0.118. The summed E-state index contributed by atoms with van der Waals surface area (Å²) in [6.45, 7) is 9.53. The molecule has 0 saturated carbocycles. The number of hydrogen-bond acceptors (Lipinski definition) is 6. The summed E-state index contributed by atoms with van der Waals surface area (Å²) in [7, 11) is 0. The van der Waals surface area contributed by atoms with Gasteiger partial charge in [-0.3, -0.25) is 0 Å². The lowest BCUT2D eigenvalue weighted by Gasteiger charge is -2.24. The second kappa shape index (κ2) is 9.46. The number of aromatic nitrogens is 2. The van der Waals surface area contributed by atoms with E-state index in [4.69, 9.17) is 20.8 Å². The summed E-state index contributed by atoms with van der Waals surface area (Å²) in [5.74, 6) is 1.19. The molecule has 1 aromatic carbocycles. The van der Waals surface area contributed by atoms with Gasteiger partial charge in [-0.2, -0.15) is 0 Å². The van der Waals surface area contributed by atoms with E-state index < -0.39 is 17.7 Å². The number of benzene rings is 1. The summed E-state index contributed by atoms with van der Waals surface area (Å²) in [5, 5.41) is 12.2. The molecule has 0 aliphatic heterocycles. The number of thioether (sulfide) groups is 1. The Balaban J connectivity index is 2.04. The standard InChI is InChI=1S/C19H26ClN3O3S/c1-6-12(2)15(21-17(24)26-19(3,4)5)16-22-23-18(25-16)27-11-13-7-9-14(20)10-8-13/h7-10,12,15H,6,11H2,1-5H3,(H,21,24)/t12-,15+/m0/s1. The monoisotopic (exact) mass is 411 g/mol. The Hall–Kier alpha value is -1.73. The Morgan fingerprint density at radius 1 is 1.30 bits per heavy atom. The first-order chi connectivity index (χ1) is 12.7. The SMILES string of the molecule is CC[C@H](C)[C@@H](NC(=O)OC(C)(C)C)c1nnc(SCc2ccc(Cl)cc2)o1. The largest absolute Gasteiger partial charge is 0.444 e. The average Bonchev–Trinajstić information content (AvgIpc) is 3.05. The average molecular weight is 412 g/mol. The molecule has 0 aliphatic carbocycles. The maximum Gasteiger partial charge on any atom is 0.408 e. The summed E-state index contributed by atoms with van der Waals surface area (Å²) in [6.07, 6.45) is 0.345. The topological polar surface area (TPSA) is 77.2 Å². The quantitative estimate of drug-likeness (QED) is 0.595. The fourth-order valence-corrected chi connectivity index (χ4v) is 3.10. The molecule has 2 aromatic rings. The lowest BCUT2D eigenvalue weighted by molar-refractivity contribution is 0.0474. The summed E-state index contributed by atoms with van der Waals surface area (Å²) < 4.78 is 11.1. The normalized spacial score (nSPS) is 13.9. The molecule has 1 heterocycles. The Morgan fingerprint density at radius 2 is 1.96 bits per heavy atom. The van der Waals surface area contributed by atoms with Crippen molar-refractivity contribution in [1.29, 1.82) is 0 Å². The molecular weight excluding hydrogens is 386 g/mol. The van der Waals surface area contributed by atoms with Crippen LogP contribution in [0.5, 0.6) is 0 Å². The molecule has 8 heteroatoms. The Morgan fingerprint density at radius 3 is 2.56 bits per heavy atom. The van der Waals surface area contributed by atoms with Crippen LogP contribution in [0.1, 0.15) is 58.5 Å². The van der Waals surface area contributed by atoms with Crippen molar-refractivity contribution in [2.45, 2.75) is 63.7 Å². The number of hydrogen-bond donors (Lipinski definition) is 1. The second-order valence-electron chi connectivity index (χ2n) is 7.33. The predicted octanol–water partition coefficient (Wildman–Crippen LogP) is 5.63. The van der Waals surface area contributed by atoms with Crippen LogP contribution in [0.4, 0.5) is 4.79 Å². The minimum atomic E-state index is -0.571. The lowest BCUT2D eigenvalue weighted by Crippen LogP contribution is -2.37. The van der Waals surface area contributed by atoms with Gasteiger partial charge in [0, 0.05) is 10.8 Å². The van der Waals surface area contributed by atoms with Crippen LogP contribution in [0.25, 0.3) is 0 Å². The molecule has 0 bridgehead atoms. The van der Waals surface area contributed by atoms with Gasteiger partial charge in [0.2, 0.25) is 5.89 Å². The van der Waals surface area contributed by atoms with Crippen LogP contribution in [0.3, 0.4) is 0 Å². The van der Waals surface area contributed by atoms with E-state index in [0.717, 1.165) is 12.0 Å². The first-order valence-electron chi connectivity index (χ1n) is 8.88. The number of alkyl carbamates (subject to hydrolysis) is 1. The highest BCUT2D eigenvalue weighted by Crippen LogP contribution is 2.28. The number of nitrogens with zero attached hydrogens (tertiary/aromatic N) is 2. The van der Waals surface area contributed by atoms with Crippen LogP contribution in [0, 0.1) is 5.92 Å². The molecule has 0 spiro atoms. The zero-order valence-electron chi connectivity index (χ0n) is 16.3. The van der Waals surface area contributed by atoms with Gasteiger partial charge in [0.1, 0.15) is 11.6 Å². The van der Waals surface area contributed by atoms with Crippen molar-refractivity contribution in [1.82, 2.24) is 15.5 Å². The summed E-state index contributed by atoms with van der Waals surface area (Å²) in [6, 6.07) is 7.21. The van der Waals surface area contributed by atoms with E-state index in [2.05, 4.69) is 15.5 Å². The third-order valence-corrected chi connectivity index (χ3v) is 4.99. The molecule has 27 heavy (non-hydrogen) atoms. The fourth-order valence-electron chi connectivity index (χ4n) is 2.25. The van der Waals surface area contributed by atoms with Crippen molar-refractivity contribution in [2.24, 2.45) is 5.92 Å². The molecule has 0 aliphatic rings. The highest BCUT2D eigenvalue weighted by Gasteiger charge is 2.28. The van der Waals surface area contributed by atoms with E-state index in [0.29, 0.717) is 21.9 Å². The molecule has 0 fully saturated rings. The summed E-state index contributed by atoms with van der Waals surface area (Å²) in [4.78, 5) is 12.2. The predicted molar refractivity (Wildman–Crippen MR) is 107 cm³/mol. The Kier molecular flexibility index (Phi) is 7.56. The van der Waals surface area contributed by atoms with Crippen LogP contribution < -0.4 is 5.32 Å². The van der Waals surface area contributed by atoms with Crippen molar-refractivity contribution in [3.63, 3.8) is 0 Å². The van der Waals surface area contributed by atoms with Crippen molar-refractivity contribution >= 4 is 29.5 Å². The summed E-state index contributed by atoms with van der Waals surface area (Å²) in [5.41, 5.74) is 0.535. The smallest absolute Gasteiger partial charge is 0.408 e. The number of ether oxygens (including phenoxy) is 1. The number of carbonyl (C=O) groups is 1. The molecule has 0 radical (unpaired) electrons. The molecule has 6 nitrogen and oxygen atoms in total. The van der Waals surface area contributed by atoms with Gasteiger partial charge in [-0.1, -0.05) is 55.8 Å². The van der Waals surface area contributed by atoms with Crippen LogP contribution in [-0.2, 0) is 10.5 Å². The van der Waals surface area contributed by atoms with E-state index >= 15 is 0 Å². The zero-order valence-corrected chi connectivity index (χ0v) is 17.9. The van der Waals surface area contributed by atoms with E-state index in [-0.39, 0.29) is 5.92 Å². The highest BCUT2D eigenvalue weighted by atomic mass is 35.5. The number of halogens is 1. The Bertz CT molecular complexity index is 743. The van der Waals surface area contributed by atoms with Crippen LogP contribution in [0.15, 0.2) is 33.9 Å². The van der Waals surface area contributed by atoms with Gasteiger partial charge in [0.25, 0.3) is 5.22 Å². The van der Waals surface area contributed by atoms with Gasteiger partial charge in [0.05, 0.1) is 0 Å². The second-order valence-corrected chi connectivity index (χ2v) is 8.69. The van der Waals surface area contributed by atoms with Gasteiger partial charge in [-0.05, 0) is 44.4 Å². The molecule has 1 amide bonds. The first kappa shape index (κ1) is 21.6. The molecule has 2 rings (SSSR count). The van der Waals surface area contributed by atoms with Crippen LogP contribution >= 0.6 is 23.4 Å². The molecule has 0 unspecified atom stereocenters. The van der Waals surface area contributed by atoms with Gasteiger partial charge >= 0.3 is 6.09 Å². The maximum absolute atomic E-state index is 12.2. The van der Waals surface area contributed by atoms with E-state index in [1.165, 1.54) is 11.8 Å². The maximum atomic E-state index is 12.2. The third-order valence-electron chi connectivity index (χ3n) is 3.85. The first-order valence-corrected chi connectivity index (χ1v) is 10.2. The van der Waals surface area contributed by atoms with Crippen molar-refractivity contribution < 1.29 is 13.9 Å². The van der Waals surface area contributed by atoms with Crippen LogP contribution in [-0.4, -0.2) is 21.9 Å². The lowest BCUT2D eigenvalue weighted by atomic mass is 9.99. The third kappa shape index (κ3) is 7.07. The molecule has 2 atom stereocenters. The molecule has 148 valence electrons. The Labute approximate surface area is 169 Å². The van der Waals surface area contributed by atoms with Gasteiger partial charge < -0.3 is 14.5 Å². The number of nitrogens with one attached hydrogen (secondary N) is 1. The number of amides is 1. The minimum Gasteiger partial charge on any atom is -0.444 e. The van der Waals surface area contributed by atoms with E-state index in [9.17, 15) is 4.79 Å². The van der Waals surface area contributed by atoms with Crippen LogP contribution in [0.2, 0.25) is 5.02 Å². The van der Waals surface area contributed by atoms with Gasteiger partial charge in [-0.15, -0.1) is 10.2 Å². The van der Waals surface area contributed by atoms with Crippen molar-refractivity contribution in [3.05, 3.63) is 40.7 Å². The van der Waals surface area contributed by atoms with Crippen molar-refractivity contribution in [3.8, 4) is 0 Å². The molecular formula is C19H26ClN3O3S. The van der Waals surface area contributed by atoms with Gasteiger partial charge in [-0.25, -0.2) is 4.79 Å². The highest BCUT2D eigenvalue weighted by molar-refractivity contribution is 7.98.